The number of nitrogens with zero attached hydrogens (tertiary/aromatic N) is 1. The molecular formula is C17H22N2OS. The van der Waals surface area contributed by atoms with Gasteiger partial charge in [-0.1, -0.05) is 35.9 Å². The smallest absolute Gasteiger partial charge is 0.237 e. The van der Waals surface area contributed by atoms with Crippen LogP contribution in [0.5, 0.6) is 0 Å². The summed E-state index contributed by atoms with van der Waals surface area (Å²) in [5.74, 6) is 0.0676. The Bertz CT molecular complexity index is 563. The van der Waals surface area contributed by atoms with Crippen LogP contribution in [0.4, 0.5) is 0 Å². The summed E-state index contributed by atoms with van der Waals surface area (Å²) in [5.41, 5.74) is 2.48. The molecule has 4 heteroatoms. The highest BCUT2D eigenvalue weighted by molar-refractivity contribution is 7.09. The van der Waals surface area contributed by atoms with Gasteiger partial charge in [0, 0.05) is 11.4 Å². The number of rotatable bonds is 6. The maximum absolute atomic E-state index is 12.2. The lowest BCUT2D eigenvalue weighted by molar-refractivity contribution is -0.125. The lowest BCUT2D eigenvalue weighted by Gasteiger charge is -2.24. The normalized spacial score (nSPS) is 12.4. The molecule has 1 aromatic carbocycles. The van der Waals surface area contributed by atoms with Crippen LogP contribution < -0.4 is 5.32 Å². The zero-order chi connectivity index (χ0) is 15.2. The van der Waals surface area contributed by atoms with Crippen LogP contribution in [0.25, 0.3) is 0 Å². The second-order valence-electron chi connectivity index (χ2n) is 5.37. The van der Waals surface area contributed by atoms with Crippen molar-refractivity contribution in [3.63, 3.8) is 0 Å². The van der Waals surface area contributed by atoms with Crippen molar-refractivity contribution in [2.24, 2.45) is 0 Å². The van der Waals surface area contributed by atoms with E-state index in [1.807, 2.05) is 31.5 Å². The Labute approximate surface area is 130 Å². The lowest BCUT2D eigenvalue weighted by atomic mass is 10.1. The molecule has 0 unspecified atom stereocenters. The summed E-state index contributed by atoms with van der Waals surface area (Å²) in [4.78, 5) is 15.4. The van der Waals surface area contributed by atoms with Crippen LogP contribution in [0.1, 0.15) is 22.9 Å². The molecule has 21 heavy (non-hydrogen) atoms. The lowest BCUT2D eigenvalue weighted by Crippen LogP contribution is -2.42. The van der Waals surface area contributed by atoms with Gasteiger partial charge >= 0.3 is 0 Å². The largest absolute Gasteiger partial charge is 0.350 e. The minimum atomic E-state index is -0.147. The van der Waals surface area contributed by atoms with E-state index in [1.54, 1.807) is 11.3 Å². The molecule has 3 nitrogen and oxygen atoms in total. The van der Waals surface area contributed by atoms with Crippen molar-refractivity contribution in [3.05, 3.63) is 57.8 Å². The molecule has 0 spiro atoms. The van der Waals surface area contributed by atoms with E-state index in [1.165, 1.54) is 16.0 Å². The number of nitrogens with one attached hydrogen (secondary N) is 1. The number of hydrogen-bond acceptors (Lipinski definition) is 3. The zero-order valence-corrected chi connectivity index (χ0v) is 13.6. The molecule has 0 aliphatic rings. The monoisotopic (exact) mass is 302 g/mol. The fourth-order valence-corrected chi connectivity index (χ4v) is 2.70. The number of carbonyl (C=O) groups excluding carboxylic acids is 1. The van der Waals surface area contributed by atoms with Crippen molar-refractivity contribution in [1.29, 1.82) is 0 Å². The Morgan fingerprint density at radius 3 is 2.62 bits per heavy atom. The Balaban J connectivity index is 1.84. The number of amides is 1. The standard InChI is InChI=1S/C17H22N2OS/c1-13-6-8-15(9-7-13)12-19(3)14(2)17(20)18-11-16-5-4-10-21-16/h4-10,14H,11-12H2,1-3H3,(H,18,20)/t14-/m0/s1. The van der Waals surface area contributed by atoms with Crippen molar-refractivity contribution in [1.82, 2.24) is 10.2 Å². The number of aryl methyl sites for hydroxylation is 1. The van der Waals surface area contributed by atoms with Crippen molar-refractivity contribution >= 4 is 17.2 Å². The van der Waals surface area contributed by atoms with Gasteiger partial charge in [0.2, 0.25) is 5.91 Å². The third-order valence-corrected chi connectivity index (χ3v) is 4.49. The van der Waals surface area contributed by atoms with Crippen LogP contribution >= 0.6 is 11.3 Å². The van der Waals surface area contributed by atoms with Gasteiger partial charge in [0.25, 0.3) is 0 Å². The molecule has 2 rings (SSSR count). The fraction of sp³-hybridized carbons (Fsp3) is 0.353. The summed E-state index contributed by atoms with van der Waals surface area (Å²) < 4.78 is 0. The maximum Gasteiger partial charge on any atom is 0.237 e. The predicted molar refractivity (Wildman–Crippen MR) is 88.3 cm³/mol. The van der Waals surface area contributed by atoms with Gasteiger partial charge in [0.1, 0.15) is 0 Å². The highest BCUT2D eigenvalue weighted by Crippen LogP contribution is 2.10. The molecule has 0 bridgehead atoms. The third kappa shape index (κ3) is 4.69. The maximum atomic E-state index is 12.2. The Morgan fingerprint density at radius 1 is 1.29 bits per heavy atom. The summed E-state index contributed by atoms with van der Waals surface area (Å²) in [7, 11) is 1.98. The number of benzene rings is 1. The van der Waals surface area contributed by atoms with E-state index in [0.29, 0.717) is 6.54 Å². The molecule has 0 saturated carbocycles. The van der Waals surface area contributed by atoms with Gasteiger partial charge in [-0.25, -0.2) is 0 Å². The minimum Gasteiger partial charge on any atom is -0.350 e. The zero-order valence-electron chi connectivity index (χ0n) is 12.8. The molecule has 0 saturated heterocycles. The molecular weight excluding hydrogens is 280 g/mol. The molecule has 1 N–H and O–H groups in total. The molecule has 112 valence electrons. The first kappa shape index (κ1) is 15.7. The fourth-order valence-electron chi connectivity index (χ4n) is 2.05. The van der Waals surface area contributed by atoms with E-state index in [9.17, 15) is 4.79 Å². The predicted octanol–water partition coefficient (Wildman–Crippen LogP) is 3.19. The molecule has 1 aromatic heterocycles. The Kier molecular flexibility index (Phi) is 5.53. The first-order chi connectivity index (χ1) is 10.1. The van der Waals surface area contributed by atoms with Crippen molar-refractivity contribution in [2.45, 2.75) is 33.0 Å². The average molecular weight is 302 g/mol. The summed E-state index contributed by atoms with van der Waals surface area (Å²) in [6.45, 7) is 5.40. The van der Waals surface area contributed by atoms with E-state index in [4.69, 9.17) is 0 Å². The number of carbonyl (C=O) groups is 1. The summed E-state index contributed by atoms with van der Waals surface area (Å²) in [6.07, 6.45) is 0. The second kappa shape index (κ2) is 7.38. The summed E-state index contributed by atoms with van der Waals surface area (Å²) in [5, 5.41) is 5.01. The molecule has 2 aromatic rings. The Hall–Kier alpha value is -1.65. The van der Waals surface area contributed by atoms with Gasteiger partial charge in [-0.05, 0) is 37.9 Å². The quantitative estimate of drug-likeness (QED) is 0.889. The van der Waals surface area contributed by atoms with Crippen LogP contribution in [0.15, 0.2) is 41.8 Å². The van der Waals surface area contributed by atoms with Crippen LogP contribution in [-0.4, -0.2) is 23.9 Å². The minimum absolute atomic E-state index is 0.0676. The molecule has 0 fully saturated rings. The van der Waals surface area contributed by atoms with Gasteiger partial charge in [-0.3, -0.25) is 9.69 Å². The summed E-state index contributed by atoms with van der Waals surface area (Å²) >= 11 is 1.66. The van der Waals surface area contributed by atoms with Crippen LogP contribution in [0.2, 0.25) is 0 Å². The summed E-state index contributed by atoms with van der Waals surface area (Å²) in [6, 6.07) is 12.3. The van der Waals surface area contributed by atoms with E-state index in [0.717, 1.165) is 6.54 Å². The first-order valence-electron chi connectivity index (χ1n) is 7.12. The van der Waals surface area contributed by atoms with Gasteiger partial charge < -0.3 is 5.32 Å². The Morgan fingerprint density at radius 2 is 2.00 bits per heavy atom. The number of likely N-dealkylation sites (N-methyl/N-ethyl adjacent to an activating group) is 1. The molecule has 1 heterocycles. The molecule has 0 aliphatic heterocycles. The third-order valence-electron chi connectivity index (χ3n) is 3.61. The van der Waals surface area contributed by atoms with E-state index in [-0.39, 0.29) is 11.9 Å². The van der Waals surface area contributed by atoms with Gasteiger partial charge in [0.15, 0.2) is 0 Å². The number of hydrogen-bond donors (Lipinski definition) is 1. The van der Waals surface area contributed by atoms with Gasteiger partial charge in [0.05, 0.1) is 12.6 Å². The van der Waals surface area contributed by atoms with E-state index in [2.05, 4.69) is 41.4 Å². The first-order valence-corrected chi connectivity index (χ1v) is 8.00. The molecule has 1 atom stereocenters. The van der Waals surface area contributed by atoms with Crippen molar-refractivity contribution in [3.8, 4) is 0 Å². The second-order valence-corrected chi connectivity index (χ2v) is 6.41. The van der Waals surface area contributed by atoms with Crippen molar-refractivity contribution < 1.29 is 4.79 Å². The van der Waals surface area contributed by atoms with E-state index < -0.39 is 0 Å². The van der Waals surface area contributed by atoms with Crippen LogP contribution in [0.3, 0.4) is 0 Å². The van der Waals surface area contributed by atoms with Gasteiger partial charge in [-0.15, -0.1) is 11.3 Å². The highest BCUT2D eigenvalue weighted by Gasteiger charge is 2.17. The topological polar surface area (TPSA) is 32.3 Å². The molecule has 1 amide bonds. The van der Waals surface area contributed by atoms with Crippen LogP contribution in [-0.2, 0) is 17.9 Å². The SMILES string of the molecule is Cc1ccc(CN(C)[C@@H](C)C(=O)NCc2cccs2)cc1. The van der Waals surface area contributed by atoms with Crippen molar-refractivity contribution in [2.75, 3.05) is 7.05 Å². The van der Waals surface area contributed by atoms with E-state index >= 15 is 0 Å². The highest BCUT2D eigenvalue weighted by atomic mass is 32.1. The molecule has 0 aliphatic carbocycles. The molecule has 0 radical (unpaired) electrons. The van der Waals surface area contributed by atoms with Gasteiger partial charge in [-0.2, -0.15) is 0 Å². The number of thiophene rings is 1. The average Bonchev–Trinajstić information content (AvgIpc) is 2.99. The van der Waals surface area contributed by atoms with Crippen LogP contribution in [0, 0.1) is 6.92 Å².